The second-order valence-electron chi connectivity index (χ2n) is 5.11. The molecule has 0 saturated carbocycles. The minimum Gasteiger partial charge on any atom is -0.477 e. The zero-order valence-corrected chi connectivity index (χ0v) is 12.2. The third-order valence-corrected chi connectivity index (χ3v) is 3.77. The fourth-order valence-electron chi connectivity index (χ4n) is 2.70. The van der Waals surface area contributed by atoms with E-state index in [1.165, 1.54) is 11.6 Å². The van der Waals surface area contributed by atoms with Gasteiger partial charge in [-0.3, -0.25) is 9.78 Å². The molecule has 0 aliphatic heterocycles. The number of pyridine rings is 2. The molecule has 110 valence electrons. The van der Waals surface area contributed by atoms with Gasteiger partial charge < -0.3 is 9.67 Å². The molecule has 5 nitrogen and oxygen atoms in total. The summed E-state index contributed by atoms with van der Waals surface area (Å²) in [7, 11) is 1.47. The van der Waals surface area contributed by atoms with Crippen molar-refractivity contribution in [2.45, 2.75) is 6.92 Å². The Labute approximate surface area is 126 Å². The highest BCUT2D eigenvalue weighted by Crippen LogP contribution is 2.31. The van der Waals surface area contributed by atoms with Gasteiger partial charge in [-0.2, -0.15) is 0 Å². The lowest BCUT2D eigenvalue weighted by Gasteiger charge is -2.15. The van der Waals surface area contributed by atoms with Crippen molar-refractivity contribution in [1.82, 2.24) is 9.55 Å². The third kappa shape index (κ3) is 1.98. The fourth-order valence-corrected chi connectivity index (χ4v) is 2.70. The number of hydrogen-bond donors (Lipinski definition) is 1. The number of hydrogen-bond acceptors (Lipinski definition) is 3. The summed E-state index contributed by atoms with van der Waals surface area (Å²) in [5, 5.41) is 10.0. The largest absolute Gasteiger partial charge is 0.477 e. The minimum atomic E-state index is -1.15. The third-order valence-electron chi connectivity index (χ3n) is 3.77. The van der Waals surface area contributed by atoms with Gasteiger partial charge in [0, 0.05) is 18.8 Å². The molecule has 5 heteroatoms. The molecule has 2 heterocycles. The van der Waals surface area contributed by atoms with Crippen LogP contribution in [0.25, 0.3) is 22.0 Å². The number of carbonyl (C=O) groups is 1. The Morgan fingerprint density at radius 1 is 1.18 bits per heavy atom. The van der Waals surface area contributed by atoms with Crippen LogP contribution in [0.15, 0.2) is 47.4 Å². The second-order valence-corrected chi connectivity index (χ2v) is 5.11. The maximum Gasteiger partial charge on any atom is 0.353 e. The van der Waals surface area contributed by atoms with Crippen LogP contribution >= 0.6 is 0 Å². The Balaban J connectivity index is 2.60. The molecule has 0 atom stereocenters. The summed E-state index contributed by atoms with van der Waals surface area (Å²) in [6, 6.07) is 10.8. The summed E-state index contributed by atoms with van der Waals surface area (Å²) in [6.45, 7) is 1.90. The quantitative estimate of drug-likeness (QED) is 0.788. The number of benzene rings is 1. The molecule has 1 N–H and O–H groups in total. The highest BCUT2D eigenvalue weighted by atomic mass is 16.4. The number of fused-ring (bicyclic) bond motifs is 1. The maximum absolute atomic E-state index is 12.4. The van der Waals surface area contributed by atoms with Crippen molar-refractivity contribution < 1.29 is 9.90 Å². The van der Waals surface area contributed by atoms with Crippen molar-refractivity contribution >= 4 is 16.9 Å². The van der Waals surface area contributed by atoms with Crippen molar-refractivity contribution in [2.24, 2.45) is 7.05 Å². The normalized spacial score (nSPS) is 10.8. The van der Waals surface area contributed by atoms with E-state index in [9.17, 15) is 14.7 Å². The van der Waals surface area contributed by atoms with Crippen LogP contribution in [0.2, 0.25) is 0 Å². The number of aryl methyl sites for hydroxylation is 1. The van der Waals surface area contributed by atoms with Gasteiger partial charge in [0.1, 0.15) is 5.69 Å². The number of rotatable bonds is 2. The summed E-state index contributed by atoms with van der Waals surface area (Å²) in [6.07, 6.45) is 1.56. The van der Waals surface area contributed by atoms with Crippen LogP contribution in [0.5, 0.6) is 0 Å². The van der Waals surface area contributed by atoms with Gasteiger partial charge >= 0.3 is 5.97 Å². The lowest BCUT2D eigenvalue weighted by Crippen LogP contribution is -2.25. The van der Waals surface area contributed by atoms with Gasteiger partial charge in [-0.25, -0.2) is 4.79 Å². The predicted octanol–water partition coefficient (Wildman–Crippen LogP) is 2.61. The second kappa shape index (κ2) is 5.11. The van der Waals surface area contributed by atoms with Crippen molar-refractivity contribution in [1.29, 1.82) is 0 Å². The number of carboxylic acid groups (broad SMARTS) is 1. The first kappa shape index (κ1) is 14.0. The molecule has 0 aliphatic carbocycles. The Morgan fingerprint density at radius 2 is 1.91 bits per heavy atom. The number of aromatic nitrogens is 2. The molecule has 0 spiro atoms. The van der Waals surface area contributed by atoms with Gasteiger partial charge in [0.25, 0.3) is 5.56 Å². The molecule has 0 saturated heterocycles. The maximum atomic E-state index is 12.4. The van der Waals surface area contributed by atoms with E-state index in [1.807, 2.05) is 31.2 Å². The van der Waals surface area contributed by atoms with Crippen LogP contribution in [0.1, 0.15) is 16.1 Å². The molecule has 3 aromatic rings. The summed E-state index contributed by atoms with van der Waals surface area (Å²) in [5.74, 6) is -1.15. The molecular weight excluding hydrogens is 280 g/mol. The standard InChI is InChI=1S/C17H14N2O3/c1-10-6-3-4-7-11(10)13-14-12(8-5-9-18-14)16(20)19(2)15(13)17(21)22/h3-9H,1-2H3,(H,21,22). The number of aromatic carboxylic acids is 1. The van der Waals surface area contributed by atoms with Crippen LogP contribution in [-0.2, 0) is 7.05 Å². The molecular formula is C17H14N2O3. The monoisotopic (exact) mass is 294 g/mol. The van der Waals surface area contributed by atoms with E-state index in [2.05, 4.69) is 4.98 Å². The first-order valence-electron chi connectivity index (χ1n) is 6.79. The van der Waals surface area contributed by atoms with E-state index in [-0.39, 0.29) is 11.3 Å². The Bertz CT molecular complexity index is 958. The molecule has 0 bridgehead atoms. The van der Waals surface area contributed by atoms with Crippen molar-refractivity contribution in [3.8, 4) is 11.1 Å². The molecule has 2 aromatic heterocycles. The van der Waals surface area contributed by atoms with Crippen LogP contribution in [0.4, 0.5) is 0 Å². The van der Waals surface area contributed by atoms with Crippen LogP contribution in [0.3, 0.4) is 0 Å². The van der Waals surface area contributed by atoms with Gasteiger partial charge in [-0.1, -0.05) is 24.3 Å². The Kier molecular flexibility index (Phi) is 3.25. The first-order chi connectivity index (χ1) is 10.5. The summed E-state index contributed by atoms with van der Waals surface area (Å²) >= 11 is 0. The van der Waals surface area contributed by atoms with E-state index < -0.39 is 5.97 Å². The van der Waals surface area contributed by atoms with Gasteiger partial charge in [0.05, 0.1) is 10.9 Å². The average Bonchev–Trinajstić information content (AvgIpc) is 2.51. The molecule has 0 unspecified atom stereocenters. The van der Waals surface area contributed by atoms with Crippen LogP contribution in [-0.4, -0.2) is 20.6 Å². The highest BCUT2D eigenvalue weighted by molar-refractivity contribution is 6.04. The van der Waals surface area contributed by atoms with E-state index in [1.54, 1.807) is 18.3 Å². The highest BCUT2D eigenvalue weighted by Gasteiger charge is 2.22. The summed E-state index contributed by atoms with van der Waals surface area (Å²) in [4.78, 5) is 28.4. The Morgan fingerprint density at radius 3 is 2.59 bits per heavy atom. The van der Waals surface area contributed by atoms with Crippen LogP contribution in [0, 0.1) is 6.92 Å². The minimum absolute atomic E-state index is 0.0505. The van der Waals surface area contributed by atoms with Gasteiger partial charge in [0.15, 0.2) is 0 Å². The topological polar surface area (TPSA) is 72.2 Å². The molecule has 0 radical (unpaired) electrons. The average molecular weight is 294 g/mol. The van der Waals surface area contributed by atoms with Gasteiger partial charge in [0.2, 0.25) is 0 Å². The molecule has 22 heavy (non-hydrogen) atoms. The Hall–Kier alpha value is -2.95. The van der Waals surface area contributed by atoms with Crippen molar-refractivity contribution in [3.05, 3.63) is 64.2 Å². The molecule has 1 aromatic carbocycles. The summed E-state index contributed by atoms with van der Waals surface area (Å²) < 4.78 is 1.17. The zero-order valence-electron chi connectivity index (χ0n) is 12.2. The van der Waals surface area contributed by atoms with Gasteiger partial charge in [-0.05, 0) is 30.2 Å². The molecule has 3 rings (SSSR count). The van der Waals surface area contributed by atoms with E-state index in [4.69, 9.17) is 0 Å². The van der Waals surface area contributed by atoms with Crippen LogP contribution < -0.4 is 5.56 Å². The lowest BCUT2D eigenvalue weighted by atomic mass is 9.96. The summed E-state index contributed by atoms with van der Waals surface area (Å²) in [5.41, 5.74) is 2.17. The molecule has 0 fully saturated rings. The molecule has 0 aliphatic rings. The lowest BCUT2D eigenvalue weighted by molar-refractivity contribution is 0.0686. The fraction of sp³-hybridized carbons (Fsp3) is 0.118. The van der Waals surface area contributed by atoms with E-state index >= 15 is 0 Å². The number of nitrogens with zero attached hydrogens (tertiary/aromatic N) is 2. The SMILES string of the molecule is Cc1ccccc1-c1c(C(=O)O)n(C)c(=O)c2cccnc12. The van der Waals surface area contributed by atoms with E-state index in [0.29, 0.717) is 16.5 Å². The van der Waals surface area contributed by atoms with E-state index in [0.717, 1.165) is 11.1 Å². The number of carboxylic acids is 1. The molecule has 0 amide bonds. The first-order valence-corrected chi connectivity index (χ1v) is 6.79. The predicted molar refractivity (Wildman–Crippen MR) is 84.1 cm³/mol. The van der Waals surface area contributed by atoms with Crippen molar-refractivity contribution in [3.63, 3.8) is 0 Å². The van der Waals surface area contributed by atoms with Gasteiger partial charge in [-0.15, -0.1) is 0 Å². The zero-order chi connectivity index (χ0) is 15.9. The smallest absolute Gasteiger partial charge is 0.353 e. The van der Waals surface area contributed by atoms with Crippen molar-refractivity contribution in [2.75, 3.05) is 0 Å².